The monoisotopic (exact) mass is 403 g/mol. The fraction of sp³-hybridized carbons (Fsp3) is 0.111. The van der Waals surface area contributed by atoms with E-state index in [9.17, 15) is 10.1 Å². The molecule has 0 spiro atoms. The normalized spacial score (nSPS) is 10.4. The van der Waals surface area contributed by atoms with Crippen LogP contribution in [0.3, 0.4) is 0 Å². The van der Waals surface area contributed by atoms with Crippen molar-refractivity contribution in [1.29, 1.82) is 0 Å². The Morgan fingerprint density at radius 2 is 1.74 bits per heavy atom. The van der Waals surface area contributed by atoms with Crippen LogP contribution in [0.15, 0.2) is 54.9 Å². The molecule has 0 aliphatic heterocycles. The van der Waals surface area contributed by atoms with Gasteiger partial charge in [-0.15, -0.1) is 0 Å². The van der Waals surface area contributed by atoms with Crippen molar-refractivity contribution in [3.63, 3.8) is 0 Å². The average Bonchev–Trinajstić information content (AvgIpc) is 2.65. The highest BCUT2D eigenvalue weighted by Crippen LogP contribution is 2.33. The van der Waals surface area contributed by atoms with Gasteiger partial charge in [-0.2, -0.15) is 0 Å². The summed E-state index contributed by atoms with van der Waals surface area (Å²) < 4.78 is 0. The van der Waals surface area contributed by atoms with E-state index >= 15 is 0 Å². The maximum Gasteiger partial charge on any atom is 0.353 e. The molecule has 9 heteroatoms. The molecule has 2 aromatic carbocycles. The van der Waals surface area contributed by atoms with Crippen LogP contribution in [-0.4, -0.2) is 21.4 Å². The van der Waals surface area contributed by atoms with Crippen LogP contribution in [0.5, 0.6) is 0 Å². The van der Waals surface area contributed by atoms with Crippen LogP contribution in [0.4, 0.5) is 23.0 Å². The largest absolute Gasteiger partial charge is 0.364 e. The maximum absolute atomic E-state index is 11.6. The van der Waals surface area contributed by atoms with Gasteiger partial charge in [0.25, 0.3) is 0 Å². The van der Waals surface area contributed by atoms with Gasteiger partial charge in [0.2, 0.25) is 11.6 Å². The number of anilines is 3. The second-order valence-corrected chi connectivity index (χ2v) is 6.41. The van der Waals surface area contributed by atoms with E-state index in [0.29, 0.717) is 28.7 Å². The molecule has 0 saturated carbocycles. The summed E-state index contributed by atoms with van der Waals surface area (Å²) in [7, 11) is 0. The van der Waals surface area contributed by atoms with Gasteiger partial charge in [-0.3, -0.25) is 10.1 Å². The van der Waals surface area contributed by atoms with Crippen LogP contribution in [-0.2, 0) is 6.42 Å². The van der Waals surface area contributed by atoms with Crippen molar-refractivity contribution >= 4 is 46.2 Å². The summed E-state index contributed by atoms with van der Waals surface area (Å²) in [6, 6.07) is 14.6. The zero-order chi connectivity index (χ0) is 19.2. The molecule has 1 heterocycles. The molecule has 0 atom stereocenters. The number of nitrogens with zero attached hydrogens (tertiary/aromatic N) is 3. The summed E-state index contributed by atoms with van der Waals surface area (Å²) in [4.78, 5) is 19.1. The number of nitro groups is 1. The van der Waals surface area contributed by atoms with Gasteiger partial charge in [0.15, 0.2) is 0 Å². The van der Waals surface area contributed by atoms with E-state index in [1.807, 2.05) is 30.3 Å². The Hall–Kier alpha value is -2.90. The summed E-state index contributed by atoms with van der Waals surface area (Å²) in [6.45, 7) is 0.494. The number of rotatable bonds is 7. The van der Waals surface area contributed by atoms with E-state index in [4.69, 9.17) is 23.2 Å². The van der Waals surface area contributed by atoms with Crippen LogP contribution in [0.1, 0.15) is 5.56 Å². The molecule has 3 aromatic rings. The Balaban J connectivity index is 1.79. The smallest absolute Gasteiger partial charge is 0.353 e. The van der Waals surface area contributed by atoms with Gasteiger partial charge in [-0.25, -0.2) is 9.97 Å². The predicted octanol–water partition coefficient (Wildman–Crippen LogP) is 5.09. The third-order valence-corrected chi connectivity index (χ3v) is 4.48. The number of aromatic nitrogens is 2. The number of benzene rings is 2. The number of hydrogen-bond acceptors (Lipinski definition) is 6. The Bertz CT molecular complexity index is 954. The maximum atomic E-state index is 11.6. The van der Waals surface area contributed by atoms with Gasteiger partial charge in [0, 0.05) is 12.2 Å². The first-order chi connectivity index (χ1) is 13.0. The lowest BCUT2D eigenvalue weighted by molar-refractivity contribution is -0.383. The third kappa shape index (κ3) is 4.84. The molecule has 138 valence electrons. The lowest BCUT2D eigenvalue weighted by atomic mass is 10.1. The second kappa shape index (κ2) is 8.66. The highest BCUT2D eigenvalue weighted by Gasteiger charge is 2.23. The molecule has 0 amide bonds. The summed E-state index contributed by atoms with van der Waals surface area (Å²) in [5.41, 5.74) is 1.41. The van der Waals surface area contributed by atoms with E-state index in [-0.39, 0.29) is 17.3 Å². The van der Waals surface area contributed by atoms with Crippen LogP contribution >= 0.6 is 23.2 Å². The van der Waals surface area contributed by atoms with Gasteiger partial charge in [0.1, 0.15) is 6.33 Å². The van der Waals surface area contributed by atoms with Crippen LogP contribution in [0.2, 0.25) is 10.0 Å². The zero-order valence-electron chi connectivity index (χ0n) is 14.0. The average molecular weight is 404 g/mol. The first kappa shape index (κ1) is 18.9. The fourth-order valence-electron chi connectivity index (χ4n) is 2.45. The molecular formula is C18H15Cl2N5O2. The molecular weight excluding hydrogens is 389 g/mol. The van der Waals surface area contributed by atoms with Crippen molar-refractivity contribution < 1.29 is 4.92 Å². The zero-order valence-corrected chi connectivity index (χ0v) is 15.5. The molecule has 0 bridgehead atoms. The van der Waals surface area contributed by atoms with Gasteiger partial charge < -0.3 is 10.6 Å². The first-order valence-electron chi connectivity index (χ1n) is 8.04. The topological polar surface area (TPSA) is 93.0 Å². The van der Waals surface area contributed by atoms with Crippen molar-refractivity contribution in [3.05, 3.63) is 80.6 Å². The van der Waals surface area contributed by atoms with Crippen molar-refractivity contribution in [3.8, 4) is 0 Å². The lowest BCUT2D eigenvalue weighted by Crippen LogP contribution is -2.10. The number of halogens is 2. The van der Waals surface area contributed by atoms with Crippen molar-refractivity contribution in [2.45, 2.75) is 6.42 Å². The van der Waals surface area contributed by atoms with E-state index in [1.54, 1.807) is 18.2 Å². The molecule has 27 heavy (non-hydrogen) atoms. The van der Waals surface area contributed by atoms with E-state index in [1.165, 1.54) is 6.33 Å². The third-order valence-electron chi connectivity index (χ3n) is 3.74. The minimum Gasteiger partial charge on any atom is -0.364 e. The molecule has 0 saturated heterocycles. The van der Waals surface area contributed by atoms with Crippen LogP contribution in [0, 0.1) is 10.1 Å². The lowest BCUT2D eigenvalue weighted by Gasteiger charge is -2.10. The van der Waals surface area contributed by atoms with Crippen molar-refractivity contribution in [2.24, 2.45) is 0 Å². The van der Waals surface area contributed by atoms with Gasteiger partial charge >= 0.3 is 5.69 Å². The Morgan fingerprint density at radius 1 is 1.00 bits per heavy atom. The molecule has 0 radical (unpaired) electrons. The minimum absolute atomic E-state index is 0.0654. The van der Waals surface area contributed by atoms with E-state index in [0.717, 1.165) is 5.56 Å². The molecule has 2 N–H and O–H groups in total. The predicted molar refractivity (Wildman–Crippen MR) is 107 cm³/mol. The SMILES string of the molecule is O=[N+]([O-])c1c(NCCc2ccccc2)ncnc1Nc1ccc(Cl)c(Cl)c1. The molecule has 0 aliphatic carbocycles. The standard InChI is InChI=1S/C18H15Cl2N5O2/c19-14-7-6-13(10-15(14)20)24-18-16(25(26)27)17(22-11-23-18)21-9-8-12-4-2-1-3-5-12/h1-7,10-11H,8-9H2,(H2,21,22,23,24). The second-order valence-electron chi connectivity index (χ2n) is 5.59. The Labute approximate surface area is 165 Å². The number of nitrogens with one attached hydrogen (secondary N) is 2. The molecule has 7 nitrogen and oxygen atoms in total. The van der Waals surface area contributed by atoms with Gasteiger partial charge in [-0.05, 0) is 30.2 Å². The minimum atomic E-state index is -0.523. The summed E-state index contributed by atoms with van der Waals surface area (Å²) in [5, 5.41) is 18.2. The Kier molecular flexibility index (Phi) is 6.05. The van der Waals surface area contributed by atoms with Crippen molar-refractivity contribution in [1.82, 2.24) is 9.97 Å². The van der Waals surface area contributed by atoms with E-state index < -0.39 is 4.92 Å². The molecule has 1 aromatic heterocycles. The molecule has 3 rings (SSSR count). The van der Waals surface area contributed by atoms with Crippen LogP contribution in [0.25, 0.3) is 0 Å². The van der Waals surface area contributed by atoms with Crippen molar-refractivity contribution in [2.75, 3.05) is 17.2 Å². The first-order valence-corrected chi connectivity index (χ1v) is 8.79. The summed E-state index contributed by atoms with van der Waals surface area (Å²) in [5.74, 6) is 0.212. The molecule has 0 fully saturated rings. The summed E-state index contributed by atoms with van der Waals surface area (Å²) in [6.07, 6.45) is 1.97. The quantitative estimate of drug-likeness (QED) is 0.421. The Morgan fingerprint density at radius 3 is 2.44 bits per heavy atom. The summed E-state index contributed by atoms with van der Waals surface area (Å²) >= 11 is 11.9. The highest BCUT2D eigenvalue weighted by atomic mass is 35.5. The number of hydrogen-bond donors (Lipinski definition) is 2. The highest BCUT2D eigenvalue weighted by molar-refractivity contribution is 6.42. The van der Waals surface area contributed by atoms with Gasteiger partial charge in [0.05, 0.1) is 15.0 Å². The van der Waals surface area contributed by atoms with E-state index in [2.05, 4.69) is 20.6 Å². The molecule has 0 unspecified atom stereocenters. The fourth-order valence-corrected chi connectivity index (χ4v) is 2.75. The molecule has 0 aliphatic rings. The van der Waals surface area contributed by atoms with Crippen LogP contribution < -0.4 is 10.6 Å². The van der Waals surface area contributed by atoms with Gasteiger partial charge in [-0.1, -0.05) is 53.5 Å².